The first-order valence-corrected chi connectivity index (χ1v) is 7.26. The van der Waals surface area contributed by atoms with Gasteiger partial charge in [0, 0.05) is 19.1 Å². The molecule has 1 aromatic carbocycles. The van der Waals surface area contributed by atoms with Gasteiger partial charge in [0.15, 0.2) is 0 Å². The molecule has 0 amide bonds. The van der Waals surface area contributed by atoms with Gasteiger partial charge in [0.1, 0.15) is 23.9 Å². The molecule has 0 saturated heterocycles. The molecule has 0 aliphatic heterocycles. The van der Waals surface area contributed by atoms with Crippen LogP contribution < -0.4 is 10.1 Å². The zero-order chi connectivity index (χ0) is 15.1. The van der Waals surface area contributed by atoms with Gasteiger partial charge >= 0.3 is 0 Å². The van der Waals surface area contributed by atoms with Crippen LogP contribution in [0.2, 0.25) is 0 Å². The van der Waals surface area contributed by atoms with Gasteiger partial charge in [-0.25, -0.2) is 0 Å². The summed E-state index contributed by atoms with van der Waals surface area (Å²) in [7, 11) is 3.59. The molecule has 4 heteroatoms. The van der Waals surface area contributed by atoms with Gasteiger partial charge in [0.2, 0.25) is 0 Å². The summed E-state index contributed by atoms with van der Waals surface area (Å²) in [4.78, 5) is 0. The molecular weight excluding hydrogens is 266 g/mol. The first-order valence-electron chi connectivity index (χ1n) is 7.26. The number of aryl methyl sites for hydroxylation is 1. The largest absolute Gasteiger partial charge is 0.491 e. The van der Waals surface area contributed by atoms with Crippen molar-refractivity contribution >= 4 is 0 Å². The van der Waals surface area contributed by atoms with Crippen LogP contribution >= 0.6 is 0 Å². The number of ether oxygens (including phenoxy) is 2. The molecule has 2 aromatic rings. The second-order valence-corrected chi connectivity index (χ2v) is 4.76. The number of para-hydroxylation sites is 1. The third kappa shape index (κ3) is 3.86. The molecule has 0 radical (unpaired) electrons. The first-order chi connectivity index (χ1) is 10.3. The quantitative estimate of drug-likeness (QED) is 0.758. The van der Waals surface area contributed by atoms with E-state index in [1.54, 1.807) is 7.11 Å². The molecule has 0 aliphatic carbocycles. The van der Waals surface area contributed by atoms with Gasteiger partial charge in [-0.2, -0.15) is 0 Å². The van der Waals surface area contributed by atoms with Crippen LogP contribution in [-0.4, -0.2) is 27.4 Å². The van der Waals surface area contributed by atoms with Crippen molar-refractivity contribution in [1.82, 2.24) is 5.32 Å². The van der Waals surface area contributed by atoms with Crippen molar-refractivity contribution in [3.63, 3.8) is 0 Å². The Balaban J connectivity index is 2.24. The zero-order valence-corrected chi connectivity index (χ0v) is 12.9. The maximum atomic E-state index is 5.88. The maximum Gasteiger partial charge on any atom is 0.125 e. The molecule has 0 saturated carbocycles. The highest BCUT2D eigenvalue weighted by Crippen LogP contribution is 2.30. The standard InChI is InChI=1S/C17H23NO3/c1-4-13-9-10-16(21-13)17(18-2)14-7-5-6-8-15(14)20-12-11-19-3/h5-10,17-18H,4,11-12H2,1-3H3. The molecule has 0 fully saturated rings. The van der Waals surface area contributed by atoms with Crippen molar-refractivity contribution < 1.29 is 13.9 Å². The molecule has 0 bridgehead atoms. The van der Waals surface area contributed by atoms with Crippen molar-refractivity contribution in [2.24, 2.45) is 0 Å². The molecule has 4 nitrogen and oxygen atoms in total. The zero-order valence-electron chi connectivity index (χ0n) is 12.9. The van der Waals surface area contributed by atoms with Crippen LogP contribution in [0.5, 0.6) is 5.75 Å². The lowest BCUT2D eigenvalue weighted by atomic mass is 10.0. The summed E-state index contributed by atoms with van der Waals surface area (Å²) in [5, 5.41) is 3.30. The summed E-state index contributed by atoms with van der Waals surface area (Å²) in [5.74, 6) is 2.74. The Morgan fingerprint density at radius 2 is 1.95 bits per heavy atom. The van der Waals surface area contributed by atoms with E-state index in [4.69, 9.17) is 13.9 Å². The summed E-state index contributed by atoms with van der Waals surface area (Å²) >= 11 is 0. The van der Waals surface area contributed by atoms with Crippen LogP contribution in [0.4, 0.5) is 0 Å². The Kier molecular flexibility index (Phi) is 5.84. The van der Waals surface area contributed by atoms with E-state index in [1.807, 2.05) is 37.4 Å². The molecule has 1 heterocycles. The smallest absolute Gasteiger partial charge is 0.125 e. The number of rotatable bonds is 8. The van der Waals surface area contributed by atoms with E-state index >= 15 is 0 Å². The van der Waals surface area contributed by atoms with Gasteiger partial charge in [-0.05, 0) is 25.2 Å². The van der Waals surface area contributed by atoms with Crippen LogP contribution in [0.3, 0.4) is 0 Å². The van der Waals surface area contributed by atoms with E-state index in [0.717, 1.165) is 29.3 Å². The van der Waals surface area contributed by atoms with E-state index in [2.05, 4.69) is 18.3 Å². The van der Waals surface area contributed by atoms with Crippen LogP contribution in [0, 0.1) is 0 Å². The fourth-order valence-electron chi connectivity index (χ4n) is 2.28. The molecule has 1 unspecified atom stereocenters. The van der Waals surface area contributed by atoms with Crippen molar-refractivity contribution in [2.45, 2.75) is 19.4 Å². The third-order valence-corrected chi connectivity index (χ3v) is 3.38. The topological polar surface area (TPSA) is 43.6 Å². The van der Waals surface area contributed by atoms with Crippen LogP contribution in [-0.2, 0) is 11.2 Å². The highest BCUT2D eigenvalue weighted by atomic mass is 16.5. The summed E-state index contributed by atoms with van der Waals surface area (Å²) in [5.41, 5.74) is 1.06. The molecule has 2 rings (SSSR count). The normalized spacial score (nSPS) is 12.3. The van der Waals surface area contributed by atoms with Crippen LogP contribution in [0.1, 0.15) is 30.0 Å². The van der Waals surface area contributed by atoms with Gasteiger partial charge in [0.25, 0.3) is 0 Å². The SMILES string of the molecule is CCc1ccc(C(NC)c2ccccc2OCCOC)o1. The predicted molar refractivity (Wildman–Crippen MR) is 82.8 cm³/mol. The van der Waals surface area contributed by atoms with Gasteiger partial charge in [-0.1, -0.05) is 25.1 Å². The lowest BCUT2D eigenvalue weighted by molar-refractivity contribution is 0.145. The fourth-order valence-corrected chi connectivity index (χ4v) is 2.28. The Hall–Kier alpha value is -1.78. The van der Waals surface area contributed by atoms with Crippen molar-refractivity contribution in [1.29, 1.82) is 0 Å². The number of methoxy groups -OCH3 is 1. The molecular formula is C17H23NO3. The molecule has 1 N–H and O–H groups in total. The van der Waals surface area contributed by atoms with E-state index < -0.39 is 0 Å². The second kappa shape index (κ2) is 7.86. The van der Waals surface area contributed by atoms with E-state index in [0.29, 0.717) is 13.2 Å². The highest BCUT2D eigenvalue weighted by molar-refractivity contribution is 5.39. The van der Waals surface area contributed by atoms with E-state index in [1.165, 1.54) is 0 Å². The second-order valence-electron chi connectivity index (χ2n) is 4.76. The van der Waals surface area contributed by atoms with Gasteiger partial charge in [-0.15, -0.1) is 0 Å². The first kappa shape index (κ1) is 15.6. The molecule has 1 aromatic heterocycles. The molecule has 1 atom stereocenters. The van der Waals surface area contributed by atoms with E-state index in [-0.39, 0.29) is 6.04 Å². The van der Waals surface area contributed by atoms with Crippen molar-refractivity contribution in [3.8, 4) is 5.75 Å². The number of hydrogen-bond donors (Lipinski definition) is 1. The molecule has 114 valence electrons. The summed E-state index contributed by atoms with van der Waals surface area (Å²) < 4.78 is 16.7. The van der Waals surface area contributed by atoms with E-state index in [9.17, 15) is 0 Å². The van der Waals surface area contributed by atoms with Crippen LogP contribution in [0.15, 0.2) is 40.8 Å². The van der Waals surface area contributed by atoms with Gasteiger partial charge in [0.05, 0.1) is 12.6 Å². The number of benzene rings is 1. The Morgan fingerprint density at radius 3 is 2.62 bits per heavy atom. The number of nitrogens with one attached hydrogen (secondary N) is 1. The average molecular weight is 289 g/mol. The lowest BCUT2D eigenvalue weighted by Crippen LogP contribution is -2.18. The minimum Gasteiger partial charge on any atom is -0.491 e. The minimum absolute atomic E-state index is 0.0240. The molecule has 21 heavy (non-hydrogen) atoms. The number of furan rings is 1. The number of hydrogen-bond acceptors (Lipinski definition) is 4. The Labute approximate surface area is 126 Å². The monoisotopic (exact) mass is 289 g/mol. The van der Waals surface area contributed by atoms with Gasteiger partial charge < -0.3 is 19.2 Å². The third-order valence-electron chi connectivity index (χ3n) is 3.38. The van der Waals surface area contributed by atoms with Crippen LogP contribution in [0.25, 0.3) is 0 Å². The average Bonchev–Trinajstić information content (AvgIpc) is 2.98. The summed E-state index contributed by atoms with van der Waals surface area (Å²) in [6.07, 6.45) is 0.891. The molecule has 0 spiro atoms. The van der Waals surface area contributed by atoms with Crippen molar-refractivity contribution in [3.05, 3.63) is 53.5 Å². The summed E-state index contributed by atoms with van der Waals surface area (Å²) in [6, 6.07) is 12.0. The molecule has 0 aliphatic rings. The lowest BCUT2D eigenvalue weighted by Gasteiger charge is -2.18. The van der Waals surface area contributed by atoms with Crippen molar-refractivity contribution in [2.75, 3.05) is 27.4 Å². The predicted octanol–water partition coefficient (Wildman–Crippen LogP) is 3.18. The fraction of sp³-hybridized carbons (Fsp3) is 0.412. The minimum atomic E-state index is -0.0240. The summed E-state index contributed by atoms with van der Waals surface area (Å²) in [6.45, 7) is 3.18. The Bertz CT molecular complexity index is 550. The van der Waals surface area contributed by atoms with Gasteiger partial charge in [-0.3, -0.25) is 0 Å². The highest BCUT2D eigenvalue weighted by Gasteiger charge is 2.19. The Morgan fingerprint density at radius 1 is 1.14 bits per heavy atom. The maximum absolute atomic E-state index is 5.88.